The number of hydrogen-bond acceptors (Lipinski definition) is 4. The van der Waals surface area contributed by atoms with E-state index in [9.17, 15) is 18.0 Å². The largest absolute Gasteiger partial charge is 0.368 e. The highest BCUT2D eigenvalue weighted by molar-refractivity contribution is 7.90. The van der Waals surface area contributed by atoms with Gasteiger partial charge in [-0.25, -0.2) is 13.1 Å². The van der Waals surface area contributed by atoms with Crippen LogP contribution >= 0.6 is 0 Å². The van der Waals surface area contributed by atoms with Gasteiger partial charge in [-0.3, -0.25) is 9.59 Å². The number of carbonyl (C=O) groups excluding carboxylic acids is 2. The molecule has 0 bridgehead atoms. The van der Waals surface area contributed by atoms with Gasteiger partial charge in [-0.1, -0.05) is 0 Å². The molecule has 0 radical (unpaired) electrons. The van der Waals surface area contributed by atoms with Crippen LogP contribution in [0.25, 0.3) is 0 Å². The first-order valence-corrected chi connectivity index (χ1v) is 7.02. The van der Waals surface area contributed by atoms with Crippen LogP contribution in [-0.4, -0.2) is 50.5 Å². The van der Waals surface area contributed by atoms with E-state index in [4.69, 9.17) is 5.73 Å². The van der Waals surface area contributed by atoms with Gasteiger partial charge in [0.2, 0.25) is 21.8 Å². The summed E-state index contributed by atoms with van der Waals surface area (Å²) >= 11 is 0. The third-order valence-corrected chi connectivity index (χ3v) is 4.03. The molecule has 0 aromatic heterocycles. The van der Waals surface area contributed by atoms with Crippen molar-refractivity contribution in [3.8, 4) is 0 Å². The summed E-state index contributed by atoms with van der Waals surface area (Å²) in [6.07, 6.45) is 2.08. The van der Waals surface area contributed by atoms with E-state index in [1.807, 2.05) is 0 Å². The van der Waals surface area contributed by atoms with E-state index in [-0.39, 0.29) is 0 Å². The third-order valence-electron chi connectivity index (χ3n) is 2.78. The van der Waals surface area contributed by atoms with E-state index < -0.39 is 33.6 Å². The quantitative estimate of drug-likeness (QED) is 0.636. The van der Waals surface area contributed by atoms with Crippen molar-refractivity contribution in [3.05, 3.63) is 0 Å². The van der Waals surface area contributed by atoms with Crippen molar-refractivity contribution in [3.63, 3.8) is 0 Å². The highest BCUT2D eigenvalue weighted by Crippen LogP contribution is 2.17. The monoisotopic (exact) mass is 263 g/mol. The maximum absolute atomic E-state index is 11.8. The van der Waals surface area contributed by atoms with Crippen LogP contribution in [-0.2, 0) is 19.6 Å². The van der Waals surface area contributed by atoms with Gasteiger partial charge >= 0.3 is 0 Å². The Kier molecular flexibility index (Phi) is 4.47. The Morgan fingerprint density at radius 1 is 1.41 bits per heavy atom. The summed E-state index contributed by atoms with van der Waals surface area (Å²) in [5.41, 5.74) is 5.19. The molecule has 0 aromatic rings. The first-order valence-electron chi connectivity index (χ1n) is 5.37. The number of likely N-dealkylation sites (tertiary alicyclic amines) is 1. The molecule has 2 amide bonds. The molecule has 8 heteroatoms. The van der Waals surface area contributed by atoms with Gasteiger partial charge in [-0.05, 0) is 26.3 Å². The minimum absolute atomic E-state index is 0.381. The molecular formula is C9H17N3O4S. The number of nitrogens with zero attached hydrogens (tertiary/aromatic N) is 1. The Balaban J connectivity index is 2.75. The summed E-state index contributed by atoms with van der Waals surface area (Å²) in [7, 11) is -2.37. The second-order valence-corrected chi connectivity index (χ2v) is 5.89. The van der Waals surface area contributed by atoms with E-state index in [1.165, 1.54) is 11.9 Å². The van der Waals surface area contributed by atoms with Crippen molar-refractivity contribution < 1.29 is 18.0 Å². The van der Waals surface area contributed by atoms with Crippen LogP contribution in [0.15, 0.2) is 0 Å². The molecular weight excluding hydrogens is 246 g/mol. The molecule has 1 unspecified atom stereocenters. The maximum atomic E-state index is 11.8. The first kappa shape index (κ1) is 13.9. The molecule has 0 spiro atoms. The summed E-state index contributed by atoms with van der Waals surface area (Å²) in [5.74, 6) is -1.81. The molecule has 1 aliphatic rings. The minimum Gasteiger partial charge on any atom is -0.368 e. The number of nitrogens with one attached hydrogen (secondary N) is 1. The Hall–Kier alpha value is -1.15. The number of nitrogens with two attached hydrogens (primary N) is 1. The van der Waals surface area contributed by atoms with Crippen molar-refractivity contribution >= 4 is 21.8 Å². The Labute approximate surface area is 100 Å². The van der Waals surface area contributed by atoms with Crippen LogP contribution in [0.3, 0.4) is 0 Å². The van der Waals surface area contributed by atoms with E-state index in [0.717, 1.165) is 12.8 Å². The van der Waals surface area contributed by atoms with Gasteiger partial charge in [0.25, 0.3) is 0 Å². The molecule has 1 rings (SSSR count). The predicted molar refractivity (Wildman–Crippen MR) is 61.4 cm³/mol. The van der Waals surface area contributed by atoms with Crippen molar-refractivity contribution in [2.24, 2.45) is 5.73 Å². The summed E-state index contributed by atoms with van der Waals surface area (Å²) in [5, 5.41) is 0. The summed E-state index contributed by atoms with van der Waals surface area (Å²) in [6, 6.07) is -0.677. The zero-order chi connectivity index (χ0) is 13.1. The lowest BCUT2D eigenvalue weighted by molar-refractivity contribution is -0.139. The molecule has 0 aliphatic carbocycles. The lowest BCUT2D eigenvalue weighted by Crippen LogP contribution is -2.52. The minimum atomic E-state index is -3.61. The van der Waals surface area contributed by atoms with Gasteiger partial charge < -0.3 is 10.6 Å². The average molecular weight is 263 g/mol. The van der Waals surface area contributed by atoms with Crippen molar-refractivity contribution in [2.45, 2.75) is 25.3 Å². The number of amides is 2. The zero-order valence-corrected chi connectivity index (χ0v) is 10.5. The van der Waals surface area contributed by atoms with E-state index in [1.54, 1.807) is 0 Å². The van der Waals surface area contributed by atoms with Crippen LogP contribution < -0.4 is 10.5 Å². The molecule has 1 saturated heterocycles. The van der Waals surface area contributed by atoms with Gasteiger partial charge in [0.15, 0.2) is 0 Å². The Bertz CT molecular complexity index is 406. The van der Waals surface area contributed by atoms with Gasteiger partial charge in [0, 0.05) is 6.54 Å². The smallest absolute Gasteiger partial charge is 0.240 e. The fourth-order valence-electron chi connectivity index (χ4n) is 1.84. The first-order chi connectivity index (χ1) is 7.87. The SMILES string of the molecule is CNS(=O)(=O)CC(=O)N1CCCCC1C(N)=O. The topological polar surface area (TPSA) is 110 Å². The number of hydrogen-bond donors (Lipinski definition) is 2. The molecule has 3 N–H and O–H groups in total. The third kappa shape index (κ3) is 3.67. The van der Waals surface area contributed by atoms with E-state index in [0.29, 0.717) is 13.0 Å². The van der Waals surface area contributed by atoms with Gasteiger partial charge in [-0.15, -0.1) is 0 Å². The summed E-state index contributed by atoms with van der Waals surface area (Å²) < 4.78 is 24.6. The summed E-state index contributed by atoms with van der Waals surface area (Å²) in [6.45, 7) is 0.381. The standard InChI is InChI=1S/C9H17N3O4S/c1-11-17(15,16)6-8(13)12-5-3-2-4-7(12)9(10)14/h7,11H,2-6H2,1H3,(H2,10,14). The summed E-state index contributed by atoms with van der Waals surface area (Å²) in [4.78, 5) is 24.2. The average Bonchev–Trinajstić information content (AvgIpc) is 2.28. The number of primary amides is 1. The van der Waals surface area contributed by atoms with Crippen LogP contribution in [0.1, 0.15) is 19.3 Å². The molecule has 98 valence electrons. The molecule has 1 heterocycles. The van der Waals surface area contributed by atoms with Crippen LogP contribution in [0, 0.1) is 0 Å². The van der Waals surface area contributed by atoms with Crippen molar-refractivity contribution in [1.29, 1.82) is 0 Å². The molecule has 0 saturated carbocycles. The molecule has 1 fully saturated rings. The normalized spacial score (nSPS) is 21.2. The molecule has 7 nitrogen and oxygen atoms in total. The maximum Gasteiger partial charge on any atom is 0.240 e. The lowest BCUT2D eigenvalue weighted by Gasteiger charge is -2.33. The van der Waals surface area contributed by atoms with Gasteiger partial charge in [0.1, 0.15) is 11.8 Å². The second kappa shape index (κ2) is 5.46. The Morgan fingerprint density at radius 2 is 2.06 bits per heavy atom. The molecule has 1 atom stereocenters. The molecule has 17 heavy (non-hydrogen) atoms. The second-order valence-electron chi connectivity index (χ2n) is 3.96. The van der Waals surface area contributed by atoms with Crippen molar-refractivity contribution in [1.82, 2.24) is 9.62 Å². The van der Waals surface area contributed by atoms with Crippen molar-refractivity contribution in [2.75, 3.05) is 19.3 Å². The number of sulfonamides is 1. The van der Waals surface area contributed by atoms with Crippen LogP contribution in [0.2, 0.25) is 0 Å². The molecule has 1 aliphatic heterocycles. The Morgan fingerprint density at radius 3 is 2.59 bits per heavy atom. The molecule has 0 aromatic carbocycles. The number of rotatable bonds is 4. The predicted octanol–water partition coefficient (Wildman–Crippen LogP) is -1.60. The van der Waals surface area contributed by atoms with Crippen LogP contribution in [0.4, 0.5) is 0 Å². The zero-order valence-electron chi connectivity index (χ0n) is 9.68. The highest BCUT2D eigenvalue weighted by atomic mass is 32.2. The van der Waals surface area contributed by atoms with Gasteiger partial charge in [0.05, 0.1) is 0 Å². The number of piperidine rings is 1. The van der Waals surface area contributed by atoms with E-state index in [2.05, 4.69) is 4.72 Å². The fourth-order valence-corrected chi connectivity index (χ4v) is 2.48. The van der Waals surface area contributed by atoms with Gasteiger partial charge in [-0.2, -0.15) is 0 Å². The fraction of sp³-hybridized carbons (Fsp3) is 0.778. The highest BCUT2D eigenvalue weighted by Gasteiger charge is 2.32. The van der Waals surface area contributed by atoms with E-state index >= 15 is 0 Å². The number of carbonyl (C=O) groups is 2. The lowest BCUT2D eigenvalue weighted by atomic mass is 10.0. The van der Waals surface area contributed by atoms with Crippen LogP contribution in [0.5, 0.6) is 0 Å².